The minimum absolute atomic E-state index is 0.0209. The molecule has 2 aromatic heterocycles. The van der Waals surface area contributed by atoms with Gasteiger partial charge in [-0.3, -0.25) is 4.21 Å². The van der Waals surface area contributed by atoms with Gasteiger partial charge in [0.1, 0.15) is 0 Å². The molecule has 0 aliphatic carbocycles. The summed E-state index contributed by atoms with van der Waals surface area (Å²) in [5.74, 6) is -2.45. The molecule has 3 nitrogen and oxygen atoms in total. The quantitative estimate of drug-likeness (QED) is 0.726. The minimum Gasteiger partial charge on any atom is -0.305 e. The lowest BCUT2D eigenvalue weighted by Gasteiger charge is -2.19. The molecular formula is C16H21BrF2N2OS. The van der Waals surface area contributed by atoms with Crippen LogP contribution in [0.1, 0.15) is 51.8 Å². The van der Waals surface area contributed by atoms with E-state index in [1.54, 1.807) is 10.6 Å². The number of nitrogens with zero attached hydrogens (tertiary/aromatic N) is 2. The van der Waals surface area contributed by atoms with Gasteiger partial charge in [0.15, 0.2) is 5.65 Å². The Kier molecular flexibility index (Phi) is 5.02. The summed E-state index contributed by atoms with van der Waals surface area (Å²) >= 11 is 3.31. The number of imidazole rings is 1. The average molecular weight is 407 g/mol. The number of fused-ring (bicyclic) bond motifs is 1. The number of aromatic nitrogens is 2. The maximum absolute atomic E-state index is 13.5. The molecule has 2 heterocycles. The highest BCUT2D eigenvalue weighted by Crippen LogP contribution is 2.31. The van der Waals surface area contributed by atoms with Crippen molar-refractivity contribution >= 4 is 32.4 Å². The fraction of sp³-hybridized carbons (Fsp3) is 0.562. The third kappa shape index (κ3) is 4.18. The van der Waals surface area contributed by atoms with Crippen LogP contribution in [0.2, 0.25) is 0 Å². The van der Waals surface area contributed by atoms with Crippen LogP contribution in [0.4, 0.5) is 8.78 Å². The second-order valence-corrected chi connectivity index (χ2v) is 9.99. The summed E-state index contributed by atoms with van der Waals surface area (Å²) in [4.78, 5) is 4.51. The van der Waals surface area contributed by atoms with Crippen LogP contribution in [0.25, 0.3) is 5.65 Å². The summed E-state index contributed by atoms with van der Waals surface area (Å²) in [6.07, 6.45) is 3.13. The first-order valence-electron chi connectivity index (χ1n) is 7.34. The molecule has 0 radical (unpaired) electrons. The second-order valence-electron chi connectivity index (χ2n) is 6.89. The molecule has 0 aromatic carbocycles. The maximum Gasteiger partial charge on any atom is 0.271 e. The highest BCUT2D eigenvalue weighted by atomic mass is 79.9. The Morgan fingerprint density at radius 3 is 2.43 bits per heavy atom. The lowest BCUT2D eigenvalue weighted by molar-refractivity contribution is 0.0170. The summed E-state index contributed by atoms with van der Waals surface area (Å²) in [6.45, 7) is 8.63. The van der Waals surface area contributed by atoms with Gasteiger partial charge in [-0.15, -0.1) is 0 Å². The van der Waals surface area contributed by atoms with Gasteiger partial charge in [-0.25, -0.2) is 13.8 Å². The van der Waals surface area contributed by atoms with E-state index in [0.717, 1.165) is 12.6 Å². The third-order valence-electron chi connectivity index (χ3n) is 3.62. The molecular weight excluding hydrogens is 386 g/mol. The number of pyridine rings is 1. The highest BCUT2D eigenvalue weighted by Gasteiger charge is 2.27. The molecule has 0 saturated carbocycles. The van der Waals surface area contributed by atoms with Gasteiger partial charge in [-0.1, -0.05) is 6.92 Å². The Bertz CT molecular complexity index is 747. The fourth-order valence-electron chi connectivity index (χ4n) is 2.12. The number of hydrogen-bond acceptors (Lipinski definition) is 2. The van der Waals surface area contributed by atoms with E-state index < -0.39 is 16.7 Å². The Hall–Kier alpha value is -0.820. The van der Waals surface area contributed by atoms with Crippen LogP contribution in [-0.2, 0) is 16.7 Å². The van der Waals surface area contributed by atoms with Crippen molar-refractivity contribution in [2.24, 2.45) is 0 Å². The number of halogens is 3. The van der Waals surface area contributed by atoms with Crippen molar-refractivity contribution in [3.8, 4) is 0 Å². The molecule has 0 fully saturated rings. The summed E-state index contributed by atoms with van der Waals surface area (Å²) in [6, 6.07) is 1.39. The zero-order valence-electron chi connectivity index (χ0n) is 13.9. The van der Waals surface area contributed by atoms with Gasteiger partial charge in [-0.05, 0) is 42.8 Å². The van der Waals surface area contributed by atoms with Crippen LogP contribution < -0.4 is 0 Å². The monoisotopic (exact) mass is 406 g/mol. The van der Waals surface area contributed by atoms with Crippen molar-refractivity contribution < 1.29 is 13.0 Å². The van der Waals surface area contributed by atoms with Crippen LogP contribution in [0.5, 0.6) is 0 Å². The molecule has 0 aliphatic heterocycles. The fourth-order valence-corrected chi connectivity index (χ4v) is 3.78. The normalized spacial score (nSPS) is 15.8. The van der Waals surface area contributed by atoms with Crippen LogP contribution in [0, 0.1) is 0 Å². The molecule has 0 bridgehead atoms. The molecule has 1 unspecified atom stereocenters. The van der Waals surface area contributed by atoms with Gasteiger partial charge in [0.25, 0.3) is 5.92 Å². The van der Waals surface area contributed by atoms with E-state index in [0.29, 0.717) is 15.9 Å². The Labute approximate surface area is 146 Å². The second kappa shape index (κ2) is 6.24. The molecule has 2 aromatic rings. The number of alkyl halides is 2. The molecule has 2 atom stereocenters. The van der Waals surface area contributed by atoms with Gasteiger partial charge in [-0.2, -0.15) is 0 Å². The van der Waals surface area contributed by atoms with E-state index >= 15 is 0 Å². The van der Waals surface area contributed by atoms with E-state index in [1.165, 1.54) is 12.3 Å². The number of rotatable bonds is 4. The van der Waals surface area contributed by atoms with Crippen molar-refractivity contribution in [1.29, 1.82) is 0 Å². The van der Waals surface area contributed by atoms with Crippen molar-refractivity contribution in [2.45, 2.75) is 51.2 Å². The van der Waals surface area contributed by atoms with Gasteiger partial charge in [0.2, 0.25) is 0 Å². The summed E-state index contributed by atoms with van der Waals surface area (Å²) in [5, 5.41) is 0. The maximum atomic E-state index is 13.5. The summed E-state index contributed by atoms with van der Waals surface area (Å²) < 4.78 is 41.2. The Morgan fingerprint density at radius 1 is 1.30 bits per heavy atom. The SMILES string of the molecule is C[C@@H](CS(=O)C(C)(C)C)c1cn2cc(C(C)(F)F)cc(Br)c2n1. The molecule has 128 valence electrons. The molecule has 0 saturated heterocycles. The standard InChI is InChI=1S/C16H21BrF2N2OS/c1-10(9-23(22)15(2,3)4)13-8-21-7-11(16(5,18)19)6-12(17)14(21)20-13/h6-8,10H,9H2,1-5H3/t10-,23?/m0/s1. The van der Waals surface area contributed by atoms with Crippen molar-refractivity contribution in [2.75, 3.05) is 5.75 Å². The van der Waals surface area contributed by atoms with E-state index in [2.05, 4.69) is 20.9 Å². The van der Waals surface area contributed by atoms with Crippen LogP contribution in [0.3, 0.4) is 0 Å². The van der Waals surface area contributed by atoms with Gasteiger partial charge in [0, 0.05) is 52.1 Å². The minimum atomic E-state index is -2.92. The van der Waals surface area contributed by atoms with Crippen LogP contribution in [-0.4, -0.2) is 24.1 Å². The number of hydrogen-bond donors (Lipinski definition) is 0. The third-order valence-corrected chi connectivity index (χ3v) is 6.37. The molecule has 0 amide bonds. The zero-order chi connectivity index (χ0) is 17.6. The molecule has 0 N–H and O–H groups in total. The average Bonchev–Trinajstić information content (AvgIpc) is 2.81. The summed E-state index contributed by atoms with van der Waals surface area (Å²) in [7, 11) is -0.994. The lowest BCUT2D eigenvalue weighted by Crippen LogP contribution is -2.26. The lowest BCUT2D eigenvalue weighted by atomic mass is 10.1. The van der Waals surface area contributed by atoms with E-state index in [9.17, 15) is 13.0 Å². The molecule has 2 rings (SSSR count). The van der Waals surface area contributed by atoms with Crippen molar-refractivity contribution in [1.82, 2.24) is 9.38 Å². The van der Waals surface area contributed by atoms with Crippen LogP contribution in [0.15, 0.2) is 22.9 Å². The first-order valence-corrected chi connectivity index (χ1v) is 9.45. The Morgan fingerprint density at radius 2 is 1.91 bits per heavy atom. The van der Waals surface area contributed by atoms with Gasteiger partial charge >= 0.3 is 0 Å². The van der Waals surface area contributed by atoms with Crippen molar-refractivity contribution in [3.63, 3.8) is 0 Å². The van der Waals surface area contributed by atoms with Crippen molar-refractivity contribution in [3.05, 3.63) is 34.2 Å². The first-order chi connectivity index (χ1) is 10.4. The topological polar surface area (TPSA) is 34.4 Å². The first kappa shape index (κ1) is 18.5. The van der Waals surface area contributed by atoms with Gasteiger partial charge in [0.05, 0.1) is 10.2 Å². The Balaban J connectivity index is 2.37. The predicted molar refractivity (Wildman–Crippen MR) is 93.6 cm³/mol. The zero-order valence-corrected chi connectivity index (χ0v) is 16.3. The largest absolute Gasteiger partial charge is 0.305 e. The molecule has 23 heavy (non-hydrogen) atoms. The van der Waals surface area contributed by atoms with E-state index in [-0.39, 0.29) is 16.2 Å². The van der Waals surface area contributed by atoms with E-state index in [1.807, 2.05) is 27.7 Å². The molecule has 7 heteroatoms. The van der Waals surface area contributed by atoms with E-state index in [4.69, 9.17) is 0 Å². The highest BCUT2D eigenvalue weighted by molar-refractivity contribution is 9.10. The smallest absolute Gasteiger partial charge is 0.271 e. The molecule has 0 spiro atoms. The van der Waals surface area contributed by atoms with Crippen LogP contribution >= 0.6 is 15.9 Å². The molecule has 0 aliphatic rings. The van der Waals surface area contributed by atoms with Gasteiger partial charge < -0.3 is 4.40 Å². The summed E-state index contributed by atoms with van der Waals surface area (Å²) in [5.41, 5.74) is 1.26. The predicted octanol–water partition coefficient (Wildman–Crippen LogP) is 4.86.